The lowest BCUT2D eigenvalue weighted by molar-refractivity contribution is -0.0417. The summed E-state index contributed by atoms with van der Waals surface area (Å²) in [4.78, 5) is 54.1. The van der Waals surface area contributed by atoms with E-state index >= 15 is 0 Å². The quantitative estimate of drug-likeness (QED) is 0.173. The summed E-state index contributed by atoms with van der Waals surface area (Å²) in [7, 11) is -4.35. The molecule has 14 nitrogen and oxygen atoms in total. The van der Waals surface area contributed by atoms with E-state index in [-0.39, 0.29) is 42.6 Å². The molecule has 1 aliphatic rings. The van der Waals surface area contributed by atoms with Crippen LogP contribution in [-0.2, 0) is 29.6 Å². The molecule has 1 aromatic rings. The van der Waals surface area contributed by atoms with Crippen LogP contribution in [0.3, 0.4) is 0 Å². The Morgan fingerprint density at radius 1 is 0.846 bits per heavy atom. The number of alkyl carbamates (subject to hydrolysis) is 2. The minimum Gasteiger partial charge on any atom is -0.444 e. The number of rotatable bonds is 13. The molecule has 2 heterocycles. The molecule has 3 atom stereocenters. The molecule has 0 radical (unpaired) electrons. The van der Waals surface area contributed by atoms with E-state index in [0.29, 0.717) is 18.6 Å². The summed E-state index contributed by atoms with van der Waals surface area (Å²) >= 11 is 0. The Balaban J connectivity index is 2.40. The van der Waals surface area contributed by atoms with Crippen molar-refractivity contribution in [2.24, 2.45) is 0 Å². The van der Waals surface area contributed by atoms with Gasteiger partial charge in [-0.05, 0) is 84.7 Å². The number of hydrogen-bond acceptors (Lipinski definition) is 10. The maximum Gasteiger partial charge on any atom is 0.408 e. The van der Waals surface area contributed by atoms with E-state index < -0.39 is 63.6 Å². The Bertz CT molecular complexity index is 1470. The minimum absolute atomic E-state index is 0.00304. The SMILES string of the molecule is Cc1cn([C@H]2C[C@H](O[Si](C)(C)C(C)(C)C)[C@@H](CO[Si](C)(C)C(C)(C)C)O2)c(=O)n(CCN(CNC(=O)OC(C)(C)C)CNC(=O)OC(C)(C)C)c1=O. The third-order valence-electron chi connectivity index (χ3n) is 9.86. The molecular formula is C36H69N5O9Si2. The van der Waals surface area contributed by atoms with Crippen LogP contribution in [0.5, 0.6) is 0 Å². The van der Waals surface area contributed by atoms with Gasteiger partial charge in [-0.3, -0.25) is 18.8 Å². The Morgan fingerprint density at radius 2 is 1.33 bits per heavy atom. The maximum absolute atomic E-state index is 14.1. The zero-order valence-corrected chi connectivity index (χ0v) is 37.1. The van der Waals surface area contributed by atoms with Crippen molar-refractivity contribution in [1.29, 1.82) is 0 Å². The number of aromatic nitrogens is 2. The third kappa shape index (κ3) is 13.4. The van der Waals surface area contributed by atoms with Crippen LogP contribution in [-0.4, -0.2) is 92.8 Å². The average Bonchev–Trinajstić information content (AvgIpc) is 3.33. The average molecular weight is 772 g/mol. The first kappa shape index (κ1) is 45.7. The first-order valence-electron chi connectivity index (χ1n) is 18.3. The van der Waals surface area contributed by atoms with Crippen molar-refractivity contribution in [3.8, 4) is 0 Å². The van der Waals surface area contributed by atoms with Gasteiger partial charge in [0.15, 0.2) is 16.6 Å². The second-order valence-corrected chi connectivity index (χ2v) is 28.4. The van der Waals surface area contributed by atoms with Gasteiger partial charge in [-0.2, -0.15) is 0 Å². The van der Waals surface area contributed by atoms with Crippen molar-refractivity contribution >= 4 is 28.8 Å². The van der Waals surface area contributed by atoms with Crippen molar-refractivity contribution in [3.05, 3.63) is 32.6 Å². The van der Waals surface area contributed by atoms with Crippen molar-refractivity contribution in [2.45, 2.75) is 169 Å². The fourth-order valence-electron chi connectivity index (χ4n) is 4.81. The highest BCUT2D eigenvalue weighted by Crippen LogP contribution is 2.42. The van der Waals surface area contributed by atoms with E-state index in [1.165, 1.54) is 4.57 Å². The summed E-state index contributed by atoms with van der Waals surface area (Å²) in [5.74, 6) is 0. The molecule has 1 aliphatic heterocycles. The second-order valence-electron chi connectivity index (χ2n) is 18.9. The molecule has 2 N–H and O–H groups in total. The highest BCUT2D eigenvalue weighted by Gasteiger charge is 2.47. The maximum atomic E-state index is 14.1. The molecule has 0 saturated carbocycles. The Morgan fingerprint density at radius 3 is 1.77 bits per heavy atom. The van der Waals surface area contributed by atoms with E-state index in [1.54, 1.807) is 59.6 Å². The number of nitrogens with zero attached hydrogens (tertiary/aromatic N) is 3. The summed E-state index contributed by atoms with van der Waals surface area (Å²) in [6.07, 6.45) is -0.723. The predicted molar refractivity (Wildman–Crippen MR) is 209 cm³/mol. The van der Waals surface area contributed by atoms with Crippen LogP contribution in [0.15, 0.2) is 15.8 Å². The number of amides is 2. The number of aryl methyl sites for hydroxylation is 1. The van der Waals surface area contributed by atoms with Gasteiger partial charge in [0.05, 0.1) is 26.0 Å². The molecule has 16 heteroatoms. The van der Waals surface area contributed by atoms with Gasteiger partial charge in [0.25, 0.3) is 5.56 Å². The second kappa shape index (κ2) is 16.9. The van der Waals surface area contributed by atoms with E-state index in [1.807, 2.05) is 0 Å². The summed E-state index contributed by atoms with van der Waals surface area (Å²) < 4.78 is 33.5. The van der Waals surface area contributed by atoms with Gasteiger partial charge in [0, 0.05) is 31.3 Å². The van der Waals surface area contributed by atoms with Gasteiger partial charge in [-0.1, -0.05) is 41.5 Å². The lowest BCUT2D eigenvalue weighted by atomic mass is 10.2. The first-order valence-corrected chi connectivity index (χ1v) is 24.1. The van der Waals surface area contributed by atoms with Gasteiger partial charge < -0.3 is 33.7 Å². The van der Waals surface area contributed by atoms with Crippen LogP contribution < -0.4 is 21.9 Å². The van der Waals surface area contributed by atoms with Crippen molar-refractivity contribution in [2.75, 3.05) is 26.5 Å². The van der Waals surface area contributed by atoms with Gasteiger partial charge in [0.1, 0.15) is 23.5 Å². The fourth-order valence-corrected chi connectivity index (χ4v) is 7.18. The monoisotopic (exact) mass is 771 g/mol. The van der Waals surface area contributed by atoms with Crippen LogP contribution in [0, 0.1) is 6.92 Å². The summed E-state index contributed by atoms with van der Waals surface area (Å²) in [6.45, 7) is 34.5. The molecule has 2 amide bonds. The molecule has 0 aromatic carbocycles. The molecule has 0 aliphatic carbocycles. The fraction of sp³-hybridized carbons (Fsp3) is 0.833. The molecular weight excluding hydrogens is 703 g/mol. The minimum atomic E-state index is -2.23. The Labute approximate surface area is 313 Å². The number of carbonyl (C=O) groups is 2. The third-order valence-corrected chi connectivity index (χ3v) is 18.9. The zero-order valence-electron chi connectivity index (χ0n) is 35.1. The van der Waals surface area contributed by atoms with Crippen LogP contribution in [0.1, 0.15) is 101 Å². The van der Waals surface area contributed by atoms with E-state index in [9.17, 15) is 19.2 Å². The van der Waals surface area contributed by atoms with Gasteiger partial charge in [0.2, 0.25) is 0 Å². The standard InChI is InChI=1S/C36H69N5O9Si2/c1-25-21-41(28-20-26(50-52(16,17)36(11,12)13)27(47-28)22-46-51(14,15)35(8,9)10)32(45)40(29(25)42)19-18-39(23-37-30(43)48-33(2,3)4)24-38-31(44)49-34(5,6)7/h21,26-28H,18-20,22-24H2,1-17H3,(H,37,43)(H,38,44)/t26-,27+,28+/m0/s1. The van der Waals surface area contributed by atoms with E-state index in [2.05, 4.69) is 78.4 Å². The Hall–Kier alpha value is -2.51. The zero-order chi connectivity index (χ0) is 40.3. The summed E-state index contributed by atoms with van der Waals surface area (Å²) in [5.41, 5.74) is -2.02. The largest absolute Gasteiger partial charge is 0.444 e. The molecule has 2 rings (SSSR count). The van der Waals surface area contributed by atoms with Crippen LogP contribution in [0.4, 0.5) is 9.59 Å². The van der Waals surface area contributed by atoms with E-state index in [0.717, 1.165) is 4.57 Å². The van der Waals surface area contributed by atoms with Gasteiger partial charge in [-0.25, -0.2) is 14.4 Å². The normalized spacial score (nSPS) is 19.2. The molecule has 0 spiro atoms. The van der Waals surface area contributed by atoms with Gasteiger partial charge in [-0.15, -0.1) is 0 Å². The first-order chi connectivity index (χ1) is 23.3. The number of nitrogens with one attached hydrogen (secondary N) is 2. The van der Waals surface area contributed by atoms with Gasteiger partial charge >= 0.3 is 17.9 Å². The molecule has 52 heavy (non-hydrogen) atoms. The Kier molecular flexibility index (Phi) is 14.8. The lowest BCUT2D eigenvalue weighted by Crippen LogP contribution is -2.49. The molecule has 1 fully saturated rings. The van der Waals surface area contributed by atoms with Crippen molar-refractivity contribution in [3.63, 3.8) is 0 Å². The summed E-state index contributed by atoms with van der Waals surface area (Å²) in [6, 6.07) is 0. The summed E-state index contributed by atoms with van der Waals surface area (Å²) in [5, 5.41) is 5.31. The number of ether oxygens (including phenoxy) is 3. The van der Waals surface area contributed by atoms with Crippen LogP contribution in [0.2, 0.25) is 36.3 Å². The number of hydrogen-bond donors (Lipinski definition) is 2. The lowest BCUT2D eigenvalue weighted by Gasteiger charge is -2.40. The topological polar surface area (TPSA) is 152 Å². The van der Waals surface area contributed by atoms with Crippen LogP contribution in [0.25, 0.3) is 0 Å². The molecule has 1 saturated heterocycles. The predicted octanol–water partition coefficient (Wildman–Crippen LogP) is 6.28. The van der Waals surface area contributed by atoms with Crippen LogP contribution >= 0.6 is 0 Å². The van der Waals surface area contributed by atoms with Crippen molar-refractivity contribution < 1.29 is 32.7 Å². The molecule has 1 aromatic heterocycles. The highest BCUT2D eigenvalue weighted by atomic mass is 28.4. The smallest absolute Gasteiger partial charge is 0.408 e. The van der Waals surface area contributed by atoms with Crippen molar-refractivity contribution in [1.82, 2.24) is 24.7 Å². The highest BCUT2D eigenvalue weighted by molar-refractivity contribution is 6.74. The molecule has 300 valence electrons. The molecule has 0 unspecified atom stereocenters. The number of carbonyl (C=O) groups excluding carboxylic acids is 2. The van der Waals surface area contributed by atoms with E-state index in [4.69, 9.17) is 23.1 Å². The molecule has 0 bridgehead atoms.